The highest BCUT2D eigenvalue weighted by atomic mass is 19.1. The van der Waals surface area contributed by atoms with Crippen LogP contribution in [0.2, 0.25) is 0 Å². The van der Waals surface area contributed by atoms with Gasteiger partial charge in [-0.3, -0.25) is 4.79 Å². The lowest BCUT2D eigenvalue weighted by Crippen LogP contribution is -2.38. The summed E-state index contributed by atoms with van der Waals surface area (Å²) in [6, 6.07) is 1.22. The molecule has 19 heavy (non-hydrogen) atoms. The number of nitrogens with one attached hydrogen (secondary N) is 1. The van der Waals surface area contributed by atoms with Crippen molar-refractivity contribution in [2.45, 2.75) is 26.3 Å². The molecule has 0 aliphatic rings. The van der Waals surface area contributed by atoms with Crippen LogP contribution in [0.5, 0.6) is 0 Å². The molecule has 0 fully saturated rings. The van der Waals surface area contributed by atoms with E-state index in [1.54, 1.807) is 0 Å². The van der Waals surface area contributed by atoms with E-state index in [1.165, 1.54) is 17.2 Å². The molecule has 1 aromatic heterocycles. The van der Waals surface area contributed by atoms with Crippen molar-refractivity contribution in [3.05, 3.63) is 23.6 Å². The number of aliphatic hydroxyl groups excluding tert-OH is 1. The van der Waals surface area contributed by atoms with Crippen LogP contribution in [0.3, 0.4) is 0 Å². The first-order valence-corrected chi connectivity index (χ1v) is 6.05. The summed E-state index contributed by atoms with van der Waals surface area (Å²) >= 11 is 0. The standard InChI is InChI=1S/C12H19FN4O2/c1-8(2)17(6-3-7-18)12(19)9-4-5-15-11(16-14)10(9)13/h4-5,8,18H,3,6-7,14H2,1-2H3,(H,15,16). The molecule has 0 spiro atoms. The number of aromatic nitrogens is 1. The molecule has 1 heterocycles. The third-order valence-electron chi connectivity index (χ3n) is 2.70. The first-order valence-electron chi connectivity index (χ1n) is 6.05. The van der Waals surface area contributed by atoms with Gasteiger partial charge in [0.25, 0.3) is 5.91 Å². The number of amides is 1. The predicted octanol–water partition coefficient (Wildman–Crippen LogP) is 0.739. The van der Waals surface area contributed by atoms with Crippen molar-refractivity contribution < 1.29 is 14.3 Å². The molecular weight excluding hydrogens is 251 g/mol. The second kappa shape index (κ2) is 7.01. The quantitative estimate of drug-likeness (QED) is 0.524. The van der Waals surface area contributed by atoms with Crippen molar-refractivity contribution in [2.75, 3.05) is 18.6 Å². The van der Waals surface area contributed by atoms with Crippen LogP contribution in [0.4, 0.5) is 10.2 Å². The first-order chi connectivity index (χ1) is 9.02. The number of halogens is 1. The number of nitrogens with two attached hydrogens (primary N) is 1. The minimum absolute atomic E-state index is 0.0229. The van der Waals surface area contributed by atoms with Gasteiger partial charge in [-0.15, -0.1) is 0 Å². The van der Waals surface area contributed by atoms with Crippen LogP contribution in [0, 0.1) is 5.82 Å². The fourth-order valence-corrected chi connectivity index (χ4v) is 1.70. The second-order valence-electron chi connectivity index (χ2n) is 4.33. The molecule has 106 valence electrons. The molecule has 0 unspecified atom stereocenters. The predicted molar refractivity (Wildman–Crippen MR) is 69.9 cm³/mol. The largest absolute Gasteiger partial charge is 0.396 e. The summed E-state index contributed by atoms with van der Waals surface area (Å²) in [6.45, 7) is 4.00. The summed E-state index contributed by atoms with van der Waals surface area (Å²) in [7, 11) is 0. The Hall–Kier alpha value is -1.73. The van der Waals surface area contributed by atoms with Gasteiger partial charge in [0.05, 0.1) is 5.56 Å². The molecule has 6 nitrogen and oxygen atoms in total. The van der Waals surface area contributed by atoms with Crippen molar-refractivity contribution in [1.82, 2.24) is 9.88 Å². The number of nitrogen functional groups attached to an aromatic ring is 1. The van der Waals surface area contributed by atoms with Crippen molar-refractivity contribution in [2.24, 2.45) is 5.84 Å². The van der Waals surface area contributed by atoms with E-state index in [0.717, 1.165) is 0 Å². The first kappa shape index (κ1) is 15.3. The summed E-state index contributed by atoms with van der Waals surface area (Å²) in [4.78, 5) is 17.5. The number of aliphatic hydroxyl groups is 1. The number of pyridine rings is 1. The van der Waals surface area contributed by atoms with Crippen LogP contribution < -0.4 is 11.3 Å². The van der Waals surface area contributed by atoms with E-state index in [2.05, 4.69) is 10.4 Å². The van der Waals surface area contributed by atoms with Gasteiger partial charge >= 0.3 is 0 Å². The molecule has 4 N–H and O–H groups in total. The van der Waals surface area contributed by atoms with Gasteiger partial charge in [-0.25, -0.2) is 15.2 Å². The molecule has 1 amide bonds. The Morgan fingerprint density at radius 2 is 2.32 bits per heavy atom. The highest BCUT2D eigenvalue weighted by Gasteiger charge is 2.23. The van der Waals surface area contributed by atoms with E-state index < -0.39 is 11.7 Å². The van der Waals surface area contributed by atoms with E-state index in [1.807, 2.05) is 13.8 Å². The number of hydrazine groups is 1. The van der Waals surface area contributed by atoms with Gasteiger partial charge in [0.2, 0.25) is 0 Å². The van der Waals surface area contributed by atoms with Crippen molar-refractivity contribution >= 4 is 11.7 Å². The van der Waals surface area contributed by atoms with Gasteiger partial charge in [-0.1, -0.05) is 0 Å². The minimum atomic E-state index is -0.773. The van der Waals surface area contributed by atoms with E-state index in [4.69, 9.17) is 10.9 Å². The average molecular weight is 270 g/mol. The van der Waals surface area contributed by atoms with Gasteiger partial charge in [-0.2, -0.15) is 0 Å². The summed E-state index contributed by atoms with van der Waals surface area (Å²) in [5.41, 5.74) is 2.02. The number of hydrogen-bond donors (Lipinski definition) is 3. The third kappa shape index (κ3) is 3.62. The van der Waals surface area contributed by atoms with Crippen LogP contribution in [0.15, 0.2) is 12.3 Å². The monoisotopic (exact) mass is 270 g/mol. The van der Waals surface area contributed by atoms with Gasteiger partial charge in [0, 0.05) is 25.4 Å². The van der Waals surface area contributed by atoms with E-state index in [0.29, 0.717) is 13.0 Å². The van der Waals surface area contributed by atoms with E-state index in [9.17, 15) is 9.18 Å². The summed E-state index contributed by atoms with van der Waals surface area (Å²) < 4.78 is 14.0. The Kier molecular flexibility index (Phi) is 5.65. The molecule has 7 heteroatoms. The summed E-state index contributed by atoms with van der Waals surface area (Å²) in [5.74, 6) is 3.74. The number of carbonyl (C=O) groups excluding carboxylic acids is 1. The molecule has 0 saturated carbocycles. The van der Waals surface area contributed by atoms with Crippen molar-refractivity contribution in [3.8, 4) is 0 Å². The van der Waals surface area contributed by atoms with Gasteiger partial charge in [0.15, 0.2) is 11.6 Å². The Bertz CT molecular complexity index is 440. The lowest BCUT2D eigenvalue weighted by molar-refractivity contribution is 0.0688. The molecule has 0 bridgehead atoms. The van der Waals surface area contributed by atoms with Crippen LogP contribution in [0.25, 0.3) is 0 Å². The smallest absolute Gasteiger partial charge is 0.257 e. The van der Waals surface area contributed by atoms with E-state index >= 15 is 0 Å². The van der Waals surface area contributed by atoms with Gasteiger partial charge < -0.3 is 15.4 Å². The third-order valence-corrected chi connectivity index (χ3v) is 2.70. The van der Waals surface area contributed by atoms with Crippen LogP contribution >= 0.6 is 0 Å². The molecular formula is C12H19FN4O2. The molecule has 0 aliphatic carbocycles. The molecule has 0 saturated heterocycles. The van der Waals surface area contributed by atoms with Crippen LogP contribution in [-0.2, 0) is 0 Å². The Balaban J connectivity index is 3.02. The zero-order valence-electron chi connectivity index (χ0n) is 11.1. The molecule has 0 radical (unpaired) electrons. The summed E-state index contributed by atoms with van der Waals surface area (Å²) in [6.07, 6.45) is 1.76. The number of anilines is 1. The van der Waals surface area contributed by atoms with Crippen molar-refractivity contribution in [3.63, 3.8) is 0 Å². The highest BCUT2D eigenvalue weighted by Crippen LogP contribution is 2.17. The molecule has 0 atom stereocenters. The van der Waals surface area contributed by atoms with Crippen molar-refractivity contribution in [1.29, 1.82) is 0 Å². The van der Waals surface area contributed by atoms with Crippen LogP contribution in [0.1, 0.15) is 30.6 Å². The zero-order valence-corrected chi connectivity index (χ0v) is 11.1. The molecule has 1 aromatic rings. The topological polar surface area (TPSA) is 91.5 Å². The highest BCUT2D eigenvalue weighted by molar-refractivity contribution is 5.95. The normalized spacial score (nSPS) is 10.6. The number of hydrogen-bond acceptors (Lipinski definition) is 5. The molecule has 0 aliphatic heterocycles. The maximum Gasteiger partial charge on any atom is 0.257 e. The Morgan fingerprint density at radius 3 is 2.84 bits per heavy atom. The number of carbonyl (C=O) groups is 1. The maximum absolute atomic E-state index is 14.0. The fraction of sp³-hybridized carbons (Fsp3) is 0.500. The molecule has 1 rings (SSSR count). The minimum Gasteiger partial charge on any atom is -0.396 e. The Labute approximate surface area is 111 Å². The number of nitrogens with zero attached hydrogens (tertiary/aromatic N) is 2. The van der Waals surface area contributed by atoms with E-state index in [-0.39, 0.29) is 24.0 Å². The lowest BCUT2D eigenvalue weighted by atomic mass is 10.1. The SMILES string of the molecule is CC(C)N(CCCO)C(=O)c1ccnc(NN)c1F. The average Bonchev–Trinajstić information content (AvgIpc) is 2.38. The Morgan fingerprint density at radius 1 is 1.63 bits per heavy atom. The fourth-order valence-electron chi connectivity index (χ4n) is 1.70. The lowest BCUT2D eigenvalue weighted by Gasteiger charge is -2.26. The maximum atomic E-state index is 14.0. The summed E-state index contributed by atoms with van der Waals surface area (Å²) in [5, 5.41) is 8.84. The second-order valence-corrected chi connectivity index (χ2v) is 4.33. The van der Waals surface area contributed by atoms with Crippen LogP contribution in [-0.4, -0.2) is 40.1 Å². The van der Waals surface area contributed by atoms with Gasteiger partial charge in [-0.05, 0) is 26.3 Å². The number of rotatable bonds is 6. The zero-order chi connectivity index (χ0) is 14.4. The van der Waals surface area contributed by atoms with Gasteiger partial charge in [0.1, 0.15) is 0 Å². The molecule has 0 aromatic carbocycles.